The van der Waals surface area contributed by atoms with Crippen LogP contribution < -0.4 is 21.9 Å². The monoisotopic (exact) mass is 410 g/mol. The SMILES string of the molecule is CCCCn1c(N)c(N(C)C(=O)CSCc2ccc(Cl)cc2)c(=O)[nH]c1=O. The first-order valence-electron chi connectivity index (χ1n) is 8.56. The maximum atomic E-state index is 12.5. The van der Waals surface area contributed by atoms with Gasteiger partial charge in [0.25, 0.3) is 5.56 Å². The highest BCUT2D eigenvalue weighted by atomic mass is 35.5. The van der Waals surface area contributed by atoms with Crippen LogP contribution in [-0.4, -0.2) is 28.3 Å². The number of nitrogen functional groups attached to an aromatic ring is 1. The molecule has 1 aromatic carbocycles. The third-order valence-electron chi connectivity index (χ3n) is 4.07. The number of carbonyl (C=O) groups is 1. The van der Waals surface area contributed by atoms with Crippen LogP contribution in [0.4, 0.5) is 11.5 Å². The molecular formula is C18H23ClN4O3S. The molecule has 1 heterocycles. The van der Waals surface area contributed by atoms with Crippen LogP contribution in [0.3, 0.4) is 0 Å². The Bertz CT molecular complexity index is 908. The lowest BCUT2D eigenvalue weighted by molar-refractivity contribution is -0.115. The van der Waals surface area contributed by atoms with Crippen molar-refractivity contribution in [3.63, 3.8) is 0 Å². The van der Waals surface area contributed by atoms with Crippen LogP contribution >= 0.6 is 23.4 Å². The van der Waals surface area contributed by atoms with Gasteiger partial charge < -0.3 is 10.6 Å². The lowest BCUT2D eigenvalue weighted by Crippen LogP contribution is -2.39. The van der Waals surface area contributed by atoms with Crippen LogP contribution in [0.15, 0.2) is 33.9 Å². The second-order valence-corrected chi connectivity index (χ2v) is 7.49. The van der Waals surface area contributed by atoms with Crippen molar-refractivity contribution >= 4 is 40.8 Å². The van der Waals surface area contributed by atoms with Gasteiger partial charge in [0.15, 0.2) is 5.69 Å². The number of unbranched alkanes of at least 4 members (excludes halogenated alkanes) is 1. The number of hydrogen-bond donors (Lipinski definition) is 2. The lowest BCUT2D eigenvalue weighted by atomic mass is 10.2. The molecule has 27 heavy (non-hydrogen) atoms. The van der Waals surface area contributed by atoms with E-state index in [0.29, 0.717) is 17.3 Å². The predicted molar refractivity (Wildman–Crippen MR) is 112 cm³/mol. The number of nitrogens with two attached hydrogens (primary N) is 1. The van der Waals surface area contributed by atoms with Crippen molar-refractivity contribution in [1.82, 2.24) is 9.55 Å². The van der Waals surface area contributed by atoms with Crippen LogP contribution in [0.2, 0.25) is 5.02 Å². The number of amides is 1. The normalized spacial score (nSPS) is 10.8. The molecule has 146 valence electrons. The van der Waals surface area contributed by atoms with Gasteiger partial charge in [-0.2, -0.15) is 0 Å². The summed E-state index contributed by atoms with van der Waals surface area (Å²) in [6, 6.07) is 7.39. The molecule has 9 heteroatoms. The number of aromatic nitrogens is 2. The fourth-order valence-corrected chi connectivity index (χ4v) is 3.52. The Labute approximate surface area is 166 Å². The Kier molecular flexibility index (Phi) is 7.55. The van der Waals surface area contributed by atoms with Crippen molar-refractivity contribution in [1.29, 1.82) is 0 Å². The average Bonchev–Trinajstić information content (AvgIpc) is 2.62. The number of benzene rings is 1. The first-order chi connectivity index (χ1) is 12.8. The predicted octanol–water partition coefficient (Wildman–Crippen LogP) is 2.47. The molecule has 2 aromatic rings. The molecular weight excluding hydrogens is 388 g/mol. The largest absolute Gasteiger partial charge is 0.383 e. The minimum absolute atomic E-state index is 0.00259. The van der Waals surface area contributed by atoms with Gasteiger partial charge in [0.05, 0.1) is 5.75 Å². The molecule has 7 nitrogen and oxygen atoms in total. The Hall–Kier alpha value is -2.19. The summed E-state index contributed by atoms with van der Waals surface area (Å²) in [5, 5.41) is 0.660. The van der Waals surface area contributed by atoms with E-state index in [1.165, 1.54) is 28.3 Å². The second-order valence-electron chi connectivity index (χ2n) is 6.07. The third kappa shape index (κ3) is 5.40. The molecule has 1 amide bonds. The van der Waals surface area contributed by atoms with Gasteiger partial charge in [0.1, 0.15) is 5.82 Å². The molecule has 0 aliphatic heterocycles. The van der Waals surface area contributed by atoms with E-state index in [-0.39, 0.29) is 23.2 Å². The molecule has 0 saturated carbocycles. The molecule has 2 rings (SSSR count). The molecule has 0 radical (unpaired) electrons. The maximum Gasteiger partial charge on any atom is 0.330 e. The van der Waals surface area contributed by atoms with E-state index in [1.54, 1.807) is 12.1 Å². The zero-order valence-corrected chi connectivity index (χ0v) is 16.9. The van der Waals surface area contributed by atoms with E-state index in [0.717, 1.165) is 18.4 Å². The highest BCUT2D eigenvalue weighted by Crippen LogP contribution is 2.19. The van der Waals surface area contributed by atoms with Crippen molar-refractivity contribution < 1.29 is 4.79 Å². The third-order valence-corrected chi connectivity index (χ3v) is 5.31. The Morgan fingerprint density at radius 3 is 2.59 bits per heavy atom. The van der Waals surface area contributed by atoms with Gasteiger partial charge in [-0.15, -0.1) is 11.8 Å². The fraction of sp³-hybridized carbons (Fsp3) is 0.389. The summed E-state index contributed by atoms with van der Waals surface area (Å²) in [5.74, 6) is 0.549. The molecule has 0 aliphatic rings. The van der Waals surface area contributed by atoms with Crippen molar-refractivity contribution in [3.8, 4) is 0 Å². The van der Waals surface area contributed by atoms with Gasteiger partial charge in [-0.1, -0.05) is 37.1 Å². The summed E-state index contributed by atoms with van der Waals surface area (Å²) in [5.41, 5.74) is 5.85. The smallest absolute Gasteiger partial charge is 0.330 e. The molecule has 0 atom stereocenters. The van der Waals surface area contributed by atoms with Crippen LogP contribution in [0.5, 0.6) is 0 Å². The second kappa shape index (κ2) is 9.66. The van der Waals surface area contributed by atoms with E-state index in [2.05, 4.69) is 4.98 Å². The molecule has 0 fully saturated rings. The number of nitrogens with zero attached hydrogens (tertiary/aromatic N) is 2. The standard InChI is InChI=1S/C18H23ClN4O3S/c1-3-4-9-23-16(20)15(17(25)21-18(23)26)22(2)14(24)11-27-10-12-5-7-13(19)8-6-12/h5-8H,3-4,9-11,20H2,1-2H3,(H,21,25,26). The minimum Gasteiger partial charge on any atom is -0.383 e. The van der Waals surface area contributed by atoms with E-state index < -0.39 is 11.2 Å². The Morgan fingerprint density at radius 2 is 1.96 bits per heavy atom. The quantitative estimate of drug-likeness (QED) is 0.696. The summed E-state index contributed by atoms with van der Waals surface area (Å²) in [6.45, 7) is 2.37. The van der Waals surface area contributed by atoms with Crippen molar-refractivity contribution in [2.45, 2.75) is 32.1 Å². The summed E-state index contributed by atoms with van der Waals surface area (Å²) < 4.78 is 1.30. The number of H-pyrrole nitrogens is 1. The van der Waals surface area contributed by atoms with Crippen LogP contribution in [-0.2, 0) is 17.1 Å². The number of thioether (sulfide) groups is 1. The van der Waals surface area contributed by atoms with E-state index in [1.807, 2.05) is 19.1 Å². The van der Waals surface area contributed by atoms with Gasteiger partial charge in [-0.3, -0.25) is 19.1 Å². The minimum atomic E-state index is -0.663. The Morgan fingerprint density at radius 1 is 1.30 bits per heavy atom. The maximum absolute atomic E-state index is 12.5. The highest BCUT2D eigenvalue weighted by molar-refractivity contribution is 7.99. The zero-order chi connectivity index (χ0) is 20.0. The molecule has 0 saturated heterocycles. The van der Waals surface area contributed by atoms with E-state index in [9.17, 15) is 14.4 Å². The van der Waals surface area contributed by atoms with Gasteiger partial charge in [-0.25, -0.2) is 4.79 Å². The summed E-state index contributed by atoms with van der Waals surface area (Å²) >= 11 is 7.27. The van der Waals surface area contributed by atoms with E-state index >= 15 is 0 Å². The molecule has 1 aromatic heterocycles. The molecule has 0 bridgehead atoms. The number of hydrogen-bond acceptors (Lipinski definition) is 5. The number of nitrogens with one attached hydrogen (secondary N) is 1. The Balaban J connectivity index is 2.10. The van der Waals surface area contributed by atoms with E-state index in [4.69, 9.17) is 17.3 Å². The molecule has 0 aliphatic carbocycles. The molecule has 0 spiro atoms. The fourth-order valence-electron chi connectivity index (χ4n) is 2.50. The summed E-state index contributed by atoms with van der Waals surface area (Å²) in [7, 11) is 1.49. The average molecular weight is 411 g/mol. The van der Waals surface area contributed by atoms with Crippen molar-refractivity contribution in [3.05, 3.63) is 55.7 Å². The van der Waals surface area contributed by atoms with Crippen molar-refractivity contribution in [2.24, 2.45) is 0 Å². The zero-order valence-electron chi connectivity index (χ0n) is 15.3. The first kappa shape index (κ1) is 21.1. The van der Waals surface area contributed by atoms with Gasteiger partial charge in [0, 0.05) is 24.4 Å². The highest BCUT2D eigenvalue weighted by Gasteiger charge is 2.20. The van der Waals surface area contributed by atoms with Crippen LogP contribution in [0.25, 0.3) is 0 Å². The van der Waals surface area contributed by atoms with Crippen LogP contribution in [0.1, 0.15) is 25.3 Å². The topological polar surface area (TPSA) is 101 Å². The van der Waals surface area contributed by atoms with Gasteiger partial charge in [-0.05, 0) is 24.1 Å². The molecule has 3 N–H and O–H groups in total. The number of aromatic amines is 1. The molecule has 0 unspecified atom stereocenters. The van der Waals surface area contributed by atoms with Crippen molar-refractivity contribution in [2.75, 3.05) is 23.4 Å². The number of halogens is 1. The van der Waals surface area contributed by atoms with Gasteiger partial charge >= 0.3 is 5.69 Å². The number of rotatable bonds is 8. The first-order valence-corrected chi connectivity index (χ1v) is 10.1. The summed E-state index contributed by atoms with van der Waals surface area (Å²) in [6.07, 6.45) is 1.61. The number of anilines is 2. The lowest BCUT2D eigenvalue weighted by Gasteiger charge is -2.20. The van der Waals surface area contributed by atoms with Gasteiger partial charge in [0.2, 0.25) is 5.91 Å². The number of carbonyl (C=O) groups excluding carboxylic acids is 1. The summed E-state index contributed by atoms with van der Waals surface area (Å²) in [4.78, 5) is 40.1. The van der Waals surface area contributed by atoms with Crippen LogP contribution in [0, 0.1) is 0 Å².